The molecule has 0 aliphatic heterocycles. The maximum Gasteiger partial charge on any atom is 0.338 e. The number of hydrogen-bond donors (Lipinski definition) is 3. The molecule has 0 unspecified atom stereocenters. The third-order valence-electron chi connectivity index (χ3n) is 5.07. The van der Waals surface area contributed by atoms with Gasteiger partial charge in [-0.1, -0.05) is 30.3 Å². The second-order valence-corrected chi connectivity index (χ2v) is 7.37. The summed E-state index contributed by atoms with van der Waals surface area (Å²) in [6.45, 7) is 1.97. The molecule has 0 saturated carbocycles. The van der Waals surface area contributed by atoms with Crippen LogP contribution in [0.3, 0.4) is 0 Å². The molecule has 8 nitrogen and oxygen atoms in total. The summed E-state index contributed by atoms with van der Waals surface area (Å²) in [5.41, 5.74) is 1.51. The molecule has 2 amide bonds. The average Bonchev–Trinajstić information content (AvgIpc) is 2.85. The number of H-pyrrole nitrogens is 1. The largest absolute Gasteiger partial charge is 0.462 e. The highest BCUT2D eigenvalue weighted by molar-refractivity contribution is 6.13. The summed E-state index contributed by atoms with van der Waals surface area (Å²) in [5, 5.41) is 6.44. The fraction of sp³-hybridized carbons (Fsp3) is 0.0769. The molecule has 4 rings (SSSR count). The minimum absolute atomic E-state index is 0.253. The summed E-state index contributed by atoms with van der Waals surface area (Å²) in [6, 6.07) is 19.7. The molecule has 0 bridgehead atoms. The lowest BCUT2D eigenvalue weighted by Crippen LogP contribution is -2.17. The van der Waals surface area contributed by atoms with E-state index in [-0.39, 0.29) is 12.2 Å². The SMILES string of the molecule is CCOC(=O)c1cccc(NC(=O)c2cccc(NC(=O)c3c[nH]c(=O)c4ccccc34)c2)c1. The van der Waals surface area contributed by atoms with Crippen molar-refractivity contribution in [2.45, 2.75) is 6.92 Å². The van der Waals surface area contributed by atoms with E-state index in [2.05, 4.69) is 15.6 Å². The van der Waals surface area contributed by atoms with Crippen LogP contribution in [0.15, 0.2) is 83.8 Å². The van der Waals surface area contributed by atoms with Crippen molar-refractivity contribution in [1.29, 1.82) is 0 Å². The van der Waals surface area contributed by atoms with E-state index >= 15 is 0 Å². The molecular formula is C26H21N3O5. The van der Waals surface area contributed by atoms with Crippen LogP contribution < -0.4 is 16.2 Å². The number of amides is 2. The summed E-state index contributed by atoms with van der Waals surface area (Å²) in [7, 11) is 0. The number of carbonyl (C=O) groups is 3. The van der Waals surface area contributed by atoms with Crippen LogP contribution in [-0.4, -0.2) is 29.4 Å². The lowest BCUT2D eigenvalue weighted by molar-refractivity contribution is 0.0526. The van der Waals surface area contributed by atoms with Crippen molar-refractivity contribution < 1.29 is 19.1 Å². The lowest BCUT2D eigenvalue weighted by Gasteiger charge is -2.10. The molecule has 0 radical (unpaired) electrons. The van der Waals surface area contributed by atoms with E-state index in [4.69, 9.17) is 4.74 Å². The van der Waals surface area contributed by atoms with Gasteiger partial charge in [-0.05, 0) is 49.4 Å². The van der Waals surface area contributed by atoms with E-state index in [1.165, 1.54) is 18.3 Å². The van der Waals surface area contributed by atoms with Crippen molar-refractivity contribution in [3.05, 3.63) is 106 Å². The summed E-state index contributed by atoms with van der Waals surface area (Å²) in [5.74, 6) is -1.31. The van der Waals surface area contributed by atoms with Crippen LogP contribution in [0.5, 0.6) is 0 Å². The number of hydrogen-bond acceptors (Lipinski definition) is 5. The molecule has 0 fully saturated rings. The van der Waals surface area contributed by atoms with Gasteiger partial charge in [0.25, 0.3) is 17.4 Å². The molecule has 0 spiro atoms. The van der Waals surface area contributed by atoms with Crippen molar-refractivity contribution >= 4 is 39.9 Å². The molecule has 1 heterocycles. The van der Waals surface area contributed by atoms with Crippen LogP contribution in [0.1, 0.15) is 38.0 Å². The van der Waals surface area contributed by atoms with Gasteiger partial charge < -0.3 is 20.4 Å². The first-order valence-electron chi connectivity index (χ1n) is 10.6. The van der Waals surface area contributed by atoms with Crippen LogP contribution in [0.2, 0.25) is 0 Å². The van der Waals surface area contributed by atoms with Crippen molar-refractivity contribution in [2.75, 3.05) is 17.2 Å². The summed E-state index contributed by atoms with van der Waals surface area (Å²) in [4.78, 5) is 52.2. The normalized spacial score (nSPS) is 10.5. The lowest BCUT2D eigenvalue weighted by atomic mass is 10.1. The van der Waals surface area contributed by atoms with E-state index in [1.807, 2.05) is 0 Å². The monoisotopic (exact) mass is 455 g/mol. The third-order valence-corrected chi connectivity index (χ3v) is 5.07. The fourth-order valence-electron chi connectivity index (χ4n) is 3.48. The Bertz CT molecular complexity index is 1460. The quantitative estimate of drug-likeness (QED) is 0.377. The topological polar surface area (TPSA) is 117 Å². The number of esters is 1. The number of nitrogens with one attached hydrogen (secondary N) is 3. The van der Waals surface area contributed by atoms with E-state index in [9.17, 15) is 19.2 Å². The zero-order chi connectivity index (χ0) is 24.1. The number of benzene rings is 3. The summed E-state index contributed by atoms with van der Waals surface area (Å²) in [6.07, 6.45) is 1.37. The van der Waals surface area contributed by atoms with Gasteiger partial charge in [-0.15, -0.1) is 0 Å². The molecule has 0 atom stereocenters. The van der Waals surface area contributed by atoms with Gasteiger partial charge in [-0.25, -0.2) is 4.79 Å². The smallest absolute Gasteiger partial charge is 0.338 e. The molecule has 170 valence electrons. The zero-order valence-electron chi connectivity index (χ0n) is 18.3. The maximum absolute atomic E-state index is 12.9. The van der Waals surface area contributed by atoms with E-state index < -0.39 is 17.8 Å². The van der Waals surface area contributed by atoms with Crippen LogP contribution in [-0.2, 0) is 4.74 Å². The molecule has 34 heavy (non-hydrogen) atoms. The molecule has 0 aliphatic carbocycles. The van der Waals surface area contributed by atoms with Crippen molar-refractivity contribution in [2.24, 2.45) is 0 Å². The first kappa shape index (κ1) is 22.5. The Labute approximate surface area is 194 Å². The number of aromatic nitrogens is 1. The van der Waals surface area contributed by atoms with Crippen molar-refractivity contribution in [1.82, 2.24) is 4.98 Å². The Hall–Kier alpha value is -4.72. The highest BCUT2D eigenvalue weighted by Gasteiger charge is 2.14. The molecule has 1 aromatic heterocycles. The van der Waals surface area contributed by atoms with Crippen LogP contribution in [0.4, 0.5) is 11.4 Å². The minimum Gasteiger partial charge on any atom is -0.462 e. The van der Waals surface area contributed by atoms with Crippen LogP contribution >= 0.6 is 0 Å². The third kappa shape index (κ3) is 4.86. The van der Waals surface area contributed by atoms with Crippen molar-refractivity contribution in [3.63, 3.8) is 0 Å². The summed E-state index contributed by atoms with van der Waals surface area (Å²) >= 11 is 0. The first-order chi connectivity index (χ1) is 16.5. The van der Waals surface area contributed by atoms with Crippen molar-refractivity contribution in [3.8, 4) is 0 Å². The maximum atomic E-state index is 12.9. The highest BCUT2D eigenvalue weighted by atomic mass is 16.5. The Morgan fingerprint density at radius 3 is 2.12 bits per heavy atom. The van der Waals surface area contributed by atoms with E-state index in [0.717, 1.165) is 0 Å². The highest BCUT2D eigenvalue weighted by Crippen LogP contribution is 2.19. The minimum atomic E-state index is -0.474. The molecule has 4 aromatic rings. The zero-order valence-corrected chi connectivity index (χ0v) is 18.3. The van der Waals surface area contributed by atoms with Gasteiger partial charge in [0.1, 0.15) is 0 Å². The second kappa shape index (κ2) is 9.83. The predicted molar refractivity (Wildman–Crippen MR) is 129 cm³/mol. The number of aromatic amines is 1. The molecular weight excluding hydrogens is 434 g/mol. The number of pyridine rings is 1. The number of carbonyl (C=O) groups excluding carboxylic acids is 3. The first-order valence-corrected chi connectivity index (χ1v) is 10.6. The molecule has 8 heteroatoms. The molecule has 3 aromatic carbocycles. The Kier molecular flexibility index (Phi) is 6.49. The van der Waals surface area contributed by atoms with E-state index in [1.54, 1.807) is 67.6 Å². The van der Waals surface area contributed by atoms with Crippen LogP contribution in [0, 0.1) is 0 Å². The van der Waals surface area contributed by atoms with Gasteiger partial charge in [-0.3, -0.25) is 14.4 Å². The van der Waals surface area contributed by atoms with E-state index in [0.29, 0.717) is 38.8 Å². The van der Waals surface area contributed by atoms with Gasteiger partial charge in [-0.2, -0.15) is 0 Å². The van der Waals surface area contributed by atoms with Gasteiger partial charge in [0.15, 0.2) is 0 Å². The van der Waals surface area contributed by atoms with Gasteiger partial charge in [0.05, 0.1) is 17.7 Å². The number of ether oxygens (including phenoxy) is 1. The van der Waals surface area contributed by atoms with Gasteiger partial charge in [0.2, 0.25) is 0 Å². The Morgan fingerprint density at radius 1 is 0.794 bits per heavy atom. The standard InChI is InChI=1S/C26H21N3O5/c1-2-34-26(33)17-8-6-10-19(14-17)28-23(30)16-7-5-9-18(13-16)29-25(32)22-15-27-24(31)21-12-4-3-11-20(21)22/h3-15H,2H2,1H3,(H,27,31)(H,28,30)(H,29,32). The Morgan fingerprint density at radius 2 is 1.41 bits per heavy atom. The van der Waals surface area contributed by atoms with Gasteiger partial charge in [0, 0.05) is 33.9 Å². The molecule has 3 N–H and O–H groups in total. The van der Waals surface area contributed by atoms with Gasteiger partial charge >= 0.3 is 5.97 Å². The predicted octanol–water partition coefficient (Wildman–Crippen LogP) is 4.21. The second-order valence-electron chi connectivity index (χ2n) is 7.37. The fourth-order valence-corrected chi connectivity index (χ4v) is 3.48. The van der Waals surface area contributed by atoms with Crippen LogP contribution in [0.25, 0.3) is 10.8 Å². The number of fused-ring (bicyclic) bond motifs is 1. The molecule has 0 saturated heterocycles. The molecule has 0 aliphatic rings. The Balaban J connectivity index is 1.52. The number of rotatable bonds is 6. The summed E-state index contributed by atoms with van der Waals surface area (Å²) < 4.78 is 4.98. The number of anilines is 2. The average molecular weight is 455 g/mol.